The number of carbonyl (C=O) groups excluding carboxylic acids is 3. The van der Waals surface area contributed by atoms with Crippen LogP contribution in [0, 0.1) is 0 Å². The van der Waals surface area contributed by atoms with Crippen LogP contribution in [0.2, 0.25) is 0 Å². The molecule has 47 heavy (non-hydrogen) atoms. The van der Waals surface area contributed by atoms with E-state index in [-0.39, 0.29) is 46.4 Å². The van der Waals surface area contributed by atoms with Crippen molar-refractivity contribution in [2.75, 3.05) is 41.8 Å². The van der Waals surface area contributed by atoms with Crippen LogP contribution in [0.5, 0.6) is 0 Å². The van der Waals surface area contributed by atoms with Crippen molar-refractivity contribution in [2.24, 2.45) is 0 Å². The summed E-state index contributed by atoms with van der Waals surface area (Å²) in [7, 11) is 0. The van der Waals surface area contributed by atoms with Crippen LogP contribution in [-0.2, 0) is 6.18 Å². The van der Waals surface area contributed by atoms with Gasteiger partial charge in [-0.1, -0.05) is 12.1 Å². The van der Waals surface area contributed by atoms with Crippen molar-refractivity contribution in [3.8, 4) is 5.69 Å². The van der Waals surface area contributed by atoms with Gasteiger partial charge in [-0.3, -0.25) is 14.4 Å². The van der Waals surface area contributed by atoms with Gasteiger partial charge in [0.1, 0.15) is 6.33 Å². The van der Waals surface area contributed by atoms with Crippen molar-refractivity contribution < 1.29 is 32.7 Å². The van der Waals surface area contributed by atoms with Gasteiger partial charge in [-0.05, 0) is 86.7 Å². The number of anilines is 3. The van der Waals surface area contributed by atoms with Crippen LogP contribution in [0.15, 0.2) is 79.3 Å². The highest BCUT2D eigenvalue weighted by atomic mass is 19.4. The number of amides is 3. The summed E-state index contributed by atoms with van der Waals surface area (Å²) in [5.74, 6) is -1.36. The fourth-order valence-electron chi connectivity index (χ4n) is 5.27. The number of hydrogen-bond donors (Lipinski definition) is 4. The molecule has 1 aliphatic heterocycles. The maximum Gasteiger partial charge on any atom is 0.416 e. The maximum atomic E-state index is 13.7. The Kier molecular flexibility index (Phi) is 10.6. The van der Waals surface area contributed by atoms with E-state index in [2.05, 4.69) is 25.8 Å². The van der Waals surface area contributed by atoms with E-state index in [1.807, 2.05) is 6.07 Å². The van der Waals surface area contributed by atoms with Crippen molar-refractivity contribution in [2.45, 2.75) is 38.3 Å². The minimum atomic E-state index is -4.51. The van der Waals surface area contributed by atoms with Crippen LogP contribution in [0.1, 0.15) is 68.7 Å². The molecule has 2 heterocycles. The number of carbonyl (C=O) groups is 3. The summed E-state index contributed by atoms with van der Waals surface area (Å²) in [6.45, 7) is 2.06. The van der Waals surface area contributed by atoms with Crippen LogP contribution >= 0.6 is 0 Å². The number of aliphatic hydroxyl groups is 1. The molecule has 1 aliphatic rings. The molecule has 4 aromatic rings. The lowest BCUT2D eigenvalue weighted by Gasteiger charge is -2.29. The summed E-state index contributed by atoms with van der Waals surface area (Å²) < 4.78 is 41.1. The minimum Gasteiger partial charge on any atom is -0.396 e. The maximum absolute atomic E-state index is 13.7. The molecule has 0 atom stereocenters. The van der Waals surface area contributed by atoms with Crippen molar-refractivity contribution in [1.29, 1.82) is 0 Å². The molecule has 1 saturated heterocycles. The number of alkyl halides is 3. The number of aromatic nitrogens is 2. The van der Waals surface area contributed by atoms with E-state index in [1.54, 1.807) is 30.3 Å². The van der Waals surface area contributed by atoms with Crippen LogP contribution in [0.3, 0.4) is 0 Å². The van der Waals surface area contributed by atoms with Crippen molar-refractivity contribution in [3.63, 3.8) is 0 Å². The lowest BCUT2D eigenvalue weighted by molar-refractivity contribution is -0.137. The molecule has 0 bridgehead atoms. The van der Waals surface area contributed by atoms with E-state index in [0.717, 1.165) is 50.2 Å². The Morgan fingerprint density at radius 3 is 2.30 bits per heavy atom. The number of hydrogen-bond acceptors (Lipinski definition) is 6. The molecular formula is C34H35F3N6O4. The molecule has 5 rings (SSSR count). The van der Waals surface area contributed by atoms with Crippen LogP contribution in [-0.4, -0.2) is 58.6 Å². The zero-order chi connectivity index (χ0) is 33.4. The summed E-state index contributed by atoms with van der Waals surface area (Å²) >= 11 is 0. The Labute approximate surface area is 269 Å². The van der Waals surface area contributed by atoms with Gasteiger partial charge in [-0.15, -0.1) is 0 Å². The summed E-state index contributed by atoms with van der Waals surface area (Å²) in [4.78, 5) is 45.9. The van der Waals surface area contributed by atoms with E-state index in [9.17, 15) is 27.6 Å². The van der Waals surface area contributed by atoms with Gasteiger partial charge in [0.05, 0.1) is 23.0 Å². The third-order valence-corrected chi connectivity index (χ3v) is 7.77. The Balaban J connectivity index is 1.36. The van der Waals surface area contributed by atoms with E-state index in [0.29, 0.717) is 19.4 Å². The summed E-state index contributed by atoms with van der Waals surface area (Å²) in [6, 6.07) is 16.1. The first-order valence-corrected chi connectivity index (χ1v) is 15.3. The average Bonchev–Trinajstić information content (AvgIpc) is 3.55. The summed E-state index contributed by atoms with van der Waals surface area (Å²) in [5, 5.41) is 17.2. The van der Waals surface area contributed by atoms with Gasteiger partial charge < -0.3 is 30.5 Å². The standard InChI is InChI=1S/C34H35F3N6O4/c35-34(36,37)25-10-7-11-26(19-25)43-21-30(39-22-43)41-33(47)28-20-27(42-15-3-1-4-16-42)12-13-29(28)40-32(46)24-9-6-8-23(18-24)31(45)38-14-2-5-17-44/h6-13,18-22,44H,1-5,14-17H2,(H,38,45)(H,40,46)(H,41,47). The second-order valence-electron chi connectivity index (χ2n) is 11.2. The Morgan fingerprint density at radius 2 is 1.55 bits per heavy atom. The number of imidazole rings is 1. The average molecular weight is 649 g/mol. The normalized spacial score (nSPS) is 13.2. The van der Waals surface area contributed by atoms with Crippen molar-refractivity contribution >= 4 is 34.9 Å². The molecule has 4 N–H and O–H groups in total. The van der Waals surface area contributed by atoms with Crippen LogP contribution in [0.25, 0.3) is 5.69 Å². The fraction of sp³-hybridized carbons (Fsp3) is 0.294. The fourth-order valence-corrected chi connectivity index (χ4v) is 5.27. The quantitative estimate of drug-likeness (QED) is 0.150. The molecule has 1 aromatic heterocycles. The molecular weight excluding hydrogens is 613 g/mol. The first-order chi connectivity index (χ1) is 22.6. The predicted molar refractivity (Wildman–Crippen MR) is 172 cm³/mol. The van der Waals surface area contributed by atoms with Crippen LogP contribution in [0.4, 0.5) is 30.4 Å². The van der Waals surface area contributed by atoms with Crippen LogP contribution < -0.4 is 20.9 Å². The number of piperidine rings is 1. The highest BCUT2D eigenvalue weighted by Gasteiger charge is 2.30. The molecule has 3 amide bonds. The van der Waals surface area contributed by atoms with E-state index in [4.69, 9.17) is 5.11 Å². The highest BCUT2D eigenvalue weighted by molar-refractivity contribution is 6.13. The third kappa shape index (κ3) is 8.55. The molecule has 0 radical (unpaired) electrons. The topological polar surface area (TPSA) is 129 Å². The largest absolute Gasteiger partial charge is 0.416 e. The number of rotatable bonds is 11. The van der Waals surface area contributed by atoms with E-state index in [1.165, 1.54) is 35.3 Å². The molecule has 246 valence electrons. The Bertz CT molecular complexity index is 1730. The molecule has 1 fully saturated rings. The number of unbranched alkanes of at least 4 members (excludes halogenated alkanes) is 1. The SMILES string of the molecule is O=C(NCCCCO)c1cccc(C(=O)Nc2ccc(N3CCCCC3)cc2C(=O)Nc2cn(-c3cccc(C(F)(F)F)c3)cn2)c1. The highest BCUT2D eigenvalue weighted by Crippen LogP contribution is 2.31. The molecule has 0 spiro atoms. The number of aliphatic hydroxyl groups excluding tert-OH is 1. The molecule has 10 nitrogen and oxygen atoms in total. The second kappa shape index (κ2) is 14.9. The third-order valence-electron chi connectivity index (χ3n) is 7.77. The number of benzene rings is 3. The number of nitrogens with zero attached hydrogens (tertiary/aromatic N) is 3. The first kappa shape index (κ1) is 33.2. The lowest BCUT2D eigenvalue weighted by atomic mass is 10.1. The monoisotopic (exact) mass is 648 g/mol. The minimum absolute atomic E-state index is 0.0353. The molecule has 13 heteroatoms. The van der Waals surface area contributed by atoms with Gasteiger partial charge in [0, 0.05) is 48.7 Å². The summed E-state index contributed by atoms with van der Waals surface area (Å²) in [5.41, 5.74) is 1.09. The zero-order valence-corrected chi connectivity index (χ0v) is 25.5. The number of nitrogens with one attached hydrogen (secondary N) is 3. The molecule has 0 unspecified atom stereocenters. The predicted octanol–water partition coefficient (Wildman–Crippen LogP) is 5.89. The van der Waals surface area contributed by atoms with Gasteiger partial charge in [0.25, 0.3) is 17.7 Å². The van der Waals surface area contributed by atoms with E-state index >= 15 is 0 Å². The zero-order valence-electron chi connectivity index (χ0n) is 25.5. The van der Waals surface area contributed by atoms with E-state index < -0.39 is 23.6 Å². The molecule has 3 aromatic carbocycles. The number of halogens is 3. The van der Waals surface area contributed by atoms with Gasteiger partial charge in [-0.25, -0.2) is 4.98 Å². The van der Waals surface area contributed by atoms with Gasteiger partial charge in [0.15, 0.2) is 5.82 Å². The summed E-state index contributed by atoms with van der Waals surface area (Å²) in [6.07, 6.45) is 2.51. The van der Waals surface area contributed by atoms with Crippen molar-refractivity contribution in [3.05, 3.63) is 102 Å². The van der Waals surface area contributed by atoms with Gasteiger partial charge in [-0.2, -0.15) is 13.2 Å². The Hall–Kier alpha value is -5.17. The van der Waals surface area contributed by atoms with Gasteiger partial charge in [0.2, 0.25) is 0 Å². The second-order valence-corrected chi connectivity index (χ2v) is 11.2. The first-order valence-electron chi connectivity index (χ1n) is 15.3. The smallest absolute Gasteiger partial charge is 0.396 e. The molecule has 0 saturated carbocycles. The lowest BCUT2D eigenvalue weighted by Crippen LogP contribution is -2.29. The Morgan fingerprint density at radius 1 is 0.809 bits per heavy atom. The molecule has 0 aliphatic carbocycles. The van der Waals surface area contributed by atoms with Crippen molar-refractivity contribution in [1.82, 2.24) is 14.9 Å². The van der Waals surface area contributed by atoms with Gasteiger partial charge >= 0.3 is 6.18 Å².